The third kappa shape index (κ3) is 4.26. The Hall–Kier alpha value is -7.02. The predicted octanol–water partition coefficient (Wildman–Crippen LogP) is 15.3. The van der Waals surface area contributed by atoms with Crippen LogP contribution in [0.2, 0.25) is 0 Å². The molecule has 12 rings (SSSR count). The van der Waals surface area contributed by atoms with Gasteiger partial charge in [0.2, 0.25) is 0 Å². The summed E-state index contributed by atoms with van der Waals surface area (Å²) in [7, 11) is 0. The summed E-state index contributed by atoms with van der Waals surface area (Å²) in [6.07, 6.45) is 0. The molecule has 0 saturated heterocycles. The van der Waals surface area contributed by atoms with Crippen molar-refractivity contribution in [1.82, 2.24) is 0 Å². The van der Waals surface area contributed by atoms with Crippen molar-refractivity contribution in [3.8, 4) is 44.5 Å². The molecule has 0 unspecified atom stereocenters. The molecule has 248 valence electrons. The van der Waals surface area contributed by atoms with Crippen LogP contribution in [0.1, 0.15) is 0 Å². The van der Waals surface area contributed by atoms with Crippen molar-refractivity contribution in [1.29, 1.82) is 0 Å². The smallest absolute Gasteiger partial charge is 0.00206 e. The lowest BCUT2D eigenvalue weighted by atomic mass is 9.87. The van der Waals surface area contributed by atoms with Crippen LogP contribution in [0.25, 0.3) is 120 Å². The van der Waals surface area contributed by atoms with Gasteiger partial charge in [-0.15, -0.1) is 0 Å². The van der Waals surface area contributed by atoms with Crippen LogP contribution < -0.4 is 0 Å². The van der Waals surface area contributed by atoms with Crippen LogP contribution in [-0.4, -0.2) is 0 Å². The molecule has 0 N–H and O–H groups in total. The van der Waals surface area contributed by atoms with E-state index in [0.29, 0.717) is 0 Å². The van der Waals surface area contributed by atoms with Crippen LogP contribution in [-0.2, 0) is 0 Å². The van der Waals surface area contributed by atoms with Crippen LogP contribution in [0.5, 0.6) is 0 Å². The lowest BCUT2D eigenvalue weighted by Gasteiger charge is -2.17. The van der Waals surface area contributed by atoms with Crippen LogP contribution >= 0.6 is 0 Å². The summed E-state index contributed by atoms with van der Waals surface area (Å²) >= 11 is 0. The molecule has 12 aromatic rings. The molecule has 0 heterocycles. The molecular weight excluding hydrogens is 649 g/mol. The van der Waals surface area contributed by atoms with Gasteiger partial charge in [0.1, 0.15) is 0 Å². The molecule has 0 aliphatic heterocycles. The van der Waals surface area contributed by atoms with Gasteiger partial charge < -0.3 is 0 Å². The Morgan fingerprint density at radius 1 is 0.185 bits per heavy atom. The molecule has 0 heteroatoms. The van der Waals surface area contributed by atoms with Crippen molar-refractivity contribution in [2.45, 2.75) is 0 Å². The van der Waals surface area contributed by atoms with E-state index in [4.69, 9.17) is 0 Å². The molecule has 12 aromatic carbocycles. The molecule has 0 nitrogen and oxygen atoms in total. The van der Waals surface area contributed by atoms with Gasteiger partial charge in [-0.25, -0.2) is 0 Å². The van der Waals surface area contributed by atoms with E-state index in [1.165, 1.54) is 120 Å². The highest BCUT2D eigenvalue weighted by atomic mass is 14.2. The first-order valence-electron chi connectivity index (χ1n) is 18.8. The van der Waals surface area contributed by atoms with Gasteiger partial charge in [0, 0.05) is 0 Å². The molecular formula is C54H32. The average Bonchev–Trinajstić information content (AvgIpc) is 3.24. The topological polar surface area (TPSA) is 0 Å². The molecule has 0 bridgehead atoms. The first kappa shape index (κ1) is 29.5. The van der Waals surface area contributed by atoms with Crippen molar-refractivity contribution in [2.75, 3.05) is 0 Å². The van der Waals surface area contributed by atoms with Crippen LogP contribution in [0.15, 0.2) is 194 Å². The SMILES string of the molecule is c1ccc2c(-c3ccc(-c4ccc5ccc6cccc7ccc4c5c67)cc3)c(-c3ccc(-c4ccc5ccc6cccc7ccc4c5c67)cc3)ccc2c1. The summed E-state index contributed by atoms with van der Waals surface area (Å²) in [5.74, 6) is 0. The second-order valence-electron chi connectivity index (χ2n) is 14.8. The molecule has 0 amide bonds. The van der Waals surface area contributed by atoms with Gasteiger partial charge in [-0.05, 0) is 120 Å². The standard InChI is InChI=1S/C54H32/c1-2-10-46-33(5-1)23-30-47(36-13-11-34(12-14-36)44-28-24-42-21-19-37-6-3-8-39-26-31-48(44)53(42)50(37)39)52(46)41-17-15-35(16-18-41)45-29-25-43-22-20-38-7-4-9-40-27-32-49(45)54(43)51(38)40/h1-32H. The Labute approximate surface area is 312 Å². The van der Waals surface area contributed by atoms with E-state index < -0.39 is 0 Å². The predicted molar refractivity (Wildman–Crippen MR) is 233 cm³/mol. The highest BCUT2D eigenvalue weighted by Gasteiger charge is 2.16. The van der Waals surface area contributed by atoms with Gasteiger partial charge in [0.05, 0.1) is 0 Å². The Morgan fingerprint density at radius 2 is 0.537 bits per heavy atom. The molecule has 0 saturated carbocycles. The number of hydrogen-bond acceptors (Lipinski definition) is 0. The van der Waals surface area contributed by atoms with Gasteiger partial charge >= 0.3 is 0 Å². The van der Waals surface area contributed by atoms with Gasteiger partial charge in [-0.1, -0.05) is 194 Å². The maximum atomic E-state index is 2.32. The summed E-state index contributed by atoms with van der Waals surface area (Å²) in [5.41, 5.74) is 9.96. The van der Waals surface area contributed by atoms with Crippen LogP contribution in [0.3, 0.4) is 0 Å². The van der Waals surface area contributed by atoms with Crippen LogP contribution in [0, 0.1) is 0 Å². The fourth-order valence-electron chi connectivity index (χ4n) is 9.44. The summed E-state index contributed by atoms with van der Waals surface area (Å²) in [5, 5.41) is 18.3. The molecule has 0 aliphatic carbocycles. The van der Waals surface area contributed by atoms with E-state index in [0.717, 1.165) is 0 Å². The molecule has 0 spiro atoms. The van der Waals surface area contributed by atoms with Crippen molar-refractivity contribution in [2.24, 2.45) is 0 Å². The summed E-state index contributed by atoms with van der Waals surface area (Å²) in [4.78, 5) is 0. The Kier molecular flexibility index (Phi) is 6.15. The van der Waals surface area contributed by atoms with Gasteiger partial charge in [-0.2, -0.15) is 0 Å². The van der Waals surface area contributed by atoms with E-state index in [9.17, 15) is 0 Å². The Balaban J connectivity index is 0.974. The maximum absolute atomic E-state index is 2.32. The average molecular weight is 681 g/mol. The fourth-order valence-corrected chi connectivity index (χ4v) is 9.44. The minimum atomic E-state index is 1.22. The van der Waals surface area contributed by atoms with E-state index in [-0.39, 0.29) is 0 Å². The number of hydrogen-bond donors (Lipinski definition) is 0. The molecule has 0 radical (unpaired) electrons. The zero-order chi connectivity index (χ0) is 35.3. The zero-order valence-electron chi connectivity index (χ0n) is 29.5. The first-order valence-corrected chi connectivity index (χ1v) is 18.8. The lowest BCUT2D eigenvalue weighted by molar-refractivity contribution is 1.59. The monoisotopic (exact) mass is 680 g/mol. The van der Waals surface area contributed by atoms with Crippen molar-refractivity contribution in [3.05, 3.63) is 194 Å². The van der Waals surface area contributed by atoms with E-state index in [1.54, 1.807) is 0 Å². The summed E-state index contributed by atoms with van der Waals surface area (Å²) in [6, 6.07) is 72.4. The van der Waals surface area contributed by atoms with Gasteiger partial charge in [-0.3, -0.25) is 0 Å². The van der Waals surface area contributed by atoms with Crippen molar-refractivity contribution >= 4 is 75.4 Å². The lowest BCUT2D eigenvalue weighted by Crippen LogP contribution is -1.90. The number of fused-ring (bicyclic) bond motifs is 1. The highest BCUT2D eigenvalue weighted by Crippen LogP contribution is 2.44. The van der Waals surface area contributed by atoms with Crippen molar-refractivity contribution in [3.63, 3.8) is 0 Å². The molecule has 0 atom stereocenters. The molecule has 0 aliphatic rings. The summed E-state index contributed by atoms with van der Waals surface area (Å²) in [6.45, 7) is 0. The second-order valence-corrected chi connectivity index (χ2v) is 14.8. The van der Waals surface area contributed by atoms with Gasteiger partial charge in [0.25, 0.3) is 0 Å². The van der Waals surface area contributed by atoms with Gasteiger partial charge in [0.15, 0.2) is 0 Å². The fraction of sp³-hybridized carbons (Fsp3) is 0. The number of rotatable bonds is 4. The highest BCUT2D eigenvalue weighted by molar-refractivity contribution is 6.26. The Bertz CT molecular complexity index is 3370. The second kappa shape index (κ2) is 11.2. The normalized spacial score (nSPS) is 12.1. The molecule has 54 heavy (non-hydrogen) atoms. The van der Waals surface area contributed by atoms with Crippen molar-refractivity contribution < 1.29 is 0 Å². The van der Waals surface area contributed by atoms with E-state index in [2.05, 4.69) is 194 Å². The molecule has 0 aromatic heterocycles. The zero-order valence-corrected chi connectivity index (χ0v) is 29.5. The van der Waals surface area contributed by atoms with Crippen LogP contribution in [0.4, 0.5) is 0 Å². The minimum Gasteiger partial charge on any atom is -0.0616 e. The summed E-state index contributed by atoms with van der Waals surface area (Å²) < 4.78 is 0. The Morgan fingerprint density at radius 3 is 1.06 bits per heavy atom. The third-order valence-electron chi connectivity index (χ3n) is 12.0. The molecule has 0 fully saturated rings. The quantitative estimate of drug-likeness (QED) is 0.162. The largest absolute Gasteiger partial charge is 0.0616 e. The van der Waals surface area contributed by atoms with E-state index in [1.807, 2.05) is 0 Å². The van der Waals surface area contributed by atoms with E-state index >= 15 is 0 Å². The maximum Gasteiger partial charge on any atom is -0.00206 e. The third-order valence-corrected chi connectivity index (χ3v) is 12.0. The first-order chi connectivity index (χ1) is 26.8. The minimum absolute atomic E-state index is 1.22. The number of benzene rings is 12.